The van der Waals surface area contributed by atoms with E-state index in [1.165, 1.54) is 0 Å². The van der Waals surface area contributed by atoms with Gasteiger partial charge in [0.1, 0.15) is 0 Å². The standard InChI is InChI=1S/C13H20N2O3/c1-8(2)7-18-13(17)11-9(3)10-5-4-6-15(10)14-12(11)16/h8,11H,4-7H2,1-3H3,(H,14,16). The maximum atomic E-state index is 12.0. The Morgan fingerprint density at radius 1 is 1.56 bits per heavy atom. The zero-order chi connectivity index (χ0) is 13.3. The highest BCUT2D eigenvalue weighted by Crippen LogP contribution is 2.30. The van der Waals surface area contributed by atoms with Crippen molar-refractivity contribution in [2.24, 2.45) is 11.8 Å². The van der Waals surface area contributed by atoms with E-state index >= 15 is 0 Å². The van der Waals surface area contributed by atoms with E-state index in [2.05, 4.69) is 5.43 Å². The highest BCUT2D eigenvalue weighted by molar-refractivity contribution is 6.01. The fraction of sp³-hybridized carbons (Fsp3) is 0.692. The number of esters is 1. The minimum Gasteiger partial charge on any atom is -0.465 e. The predicted octanol–water partition coefficient (Wildman–Crippen LogP) is 1.22. The van der Waals surface area contributed by atoms with Crippen LogP contribution in [0.25, 0.3) is 0 Å². The van der Waals surface area contributed by atoms with Crippen molar-refractivity contribution in [1.82, 2.24) is 10.4 Å². The van der Waals surface area contributed by atoms with Crippen LogP contribution in [0.3, 0.4) is 0 Å². The topological polar surface area (TPSA) is 58.6 Å². The Morgan fingerprint density at radius 3 is 2.94 bits per heavy atom. The summed E-state index contributed by atoms with van der Waals surface area (Å²) in [4.78, 5) is 23.9. The van der Waals surface area contributed by atoms with E-state index in [4.69, 9.17) is 4.74 Å². The van der Waals surface area contributed by atoms with E-state index in [0.29, 0.717) is 6.61 Å². The Kier molecular flexibility index (Phi) is 3.59. The van der Waals surface area contributed by atoms with Gasteiger partial charge in [0.05, 0.1) is 6.61 Å². The van der Waals surface area contributed by atoms with Gasteiger partial charge in [0.15, 0.2) is 5.92 Å². The van der Waals surface area contributed by atoms with Gasteiger partial charge in [-0.2, -0.15) is 0 Å². The largest absolute Gasteiger partial charge is 0.465 e. The molecule has 5 nitrogen and oxygen atoms in total. The van der Waals surface area contributed by atoms with Crippen LogP contribution in [0.5, 0.6) is 0 Å². The molecule has 0 aliphatic carbocycles. The lowest BCUT2D eigenvalue weighted by Gasteiger charge is -2.31. The third-order valence-electron chi connectivity index (χ3n) is 3.31. The first-order valence-electron chi connectivity index (χ1n) is 6.45. The van der Waals surface area contributed by atoms with E-state index in [9.17, 15) is 9.59 Å². The van der Waals surface area contributed by atoms with Gasteiger partial charge in [0.25, 0.3) is 5.91 Å². The Bertz CT molecular complexity index is 401. The van der Waals surface area contributed by atoms with Crippen LogP contribution < -0.4 is 5.43 Å². The number of rotatable bonds is 3. The third kappa shape index (κ3) is 2.35. The van der Waals surface area contributed by atoms with Crippen molar-refractivity contribution in [2.45, 2.75) is 33.6 Å². The lowest BCUT2D eigenvalue weighted by Crippen LogP contribution is -2.50. The maximum absolute atomic E-state index is 12.0. The van der Waals surface area contributed by atoms with Crippen molar-refractivity contribution in [3.63, 3.8) is 0 Å². The molecule has 0 aromatic rings. The lowest BCUT2D eigenvalue weighted by atomic mass is 9.95. The minimum absolute atomic E-state index is 0.271. The first kappa shape index (κ1) is 12.9. The number of carbonyl (C=O) groups excluding carboxylic acids is 2. The van der Waals surface area contributed by atoms with E-state index in [-0.39, 0.29) is 11.8 Å². The van der Waals surface area contributed by atoms with Crippen molar-refractivity contribution in [3.8, 4) is 0 Å². The Hall–Kier alpha value is -1.52. The van der Waals surface area contributed by atoms with Crippen LogP contribution in [-0.2, 0) is 14.3 Å². The van der Waals surface area contributed by atoms with Gasteiger partial charge in [-0.05, 0) is 31.3 Å². The van der Waals surface area contributed by atoms with E-state index in [1.807, 2.05) is 25.8 Å². The van der Waals surface area contributed by atoms with Crippen LogP contribution in [0.15, 0.2) is 11.3 Å². The number of allylic oxidation sites excluding steroid dienone is 1. The summed E-state index contributed by atoms with van der Waals surface area (Å²) in [5.41, 5.74) is 4.67. The second-order valence-corrected chi connectivity index (χ2v) is 5.32. The summed E-state index contributed by atoms with van der Waals surface area (Å²) in [6.45, 7) is 6.98. The number of hydrogen-bond acceptors (Lipinski definition) is 4. The molecule has 2 rings (SSSR count). The van der Waals surface area contributed by atoms with E-state index in [1.54, 1.807) is 0 Å². The molecule has 1 saturated heterocycles. The second kappa shape index (κ2) is 5.00. The minimum atomic E-state index is -0.770. The number of fused-ring (bicyclic) bond motifs is 1. The molecule has 18 heavy (non-hydrogen) atoms. The first-order chi connectivity index (χ1) is 8.50. The fourth-order valence-electron chi connectivity index (χ4n) is 2.38. The normalized spacial score (nSPS) is 23.2. The van der Waals surface area contributed by atoms with Crippen molar-refractivity contribution in [2.75, 3.05) is 13.2 Å². The summed E-state index contributed by atoms with van der Waals surface area (Å²) >= 11 is 0. The molecule has 2 heterocycles. The summed E-state index contributed by atoms with van der Waals surface area (Å²) in [5, 5.41) is 1.85. The highest BCUT2D eigenvalue weighted by atomic mass is 16.5. The molecule has 1 fully saturated rings. The molecule has 1 unspecified atom stereocenters. The van der Waals surface area contributed by atoms with Crippen molar-refractivity contribution >= 4 is 11.9 Å². The molecule has 0 aromatic carbocycles. The van der Waals surface area contributed by atoms with Gasteiger partial charge in [0.2, 0.25) is 0 Å². The molecule has 1 N–H and O–H groups in total. The van der Waals surface area contributed by atoms with Crippen molar-refractivity contribution < 1.29 is 14.3 Å². The molecule has 0 bridgehead atoms. The third-order valence-corrected chi connectivity index (χ3v) is 3.31. The number of carbonyl (C=O) groups is 2. The van der Waals surface area contributed by atoms with Gasteiger partial charge in [-0.3, -0.25) is 20.0 Å². The van der Waals surface area contributed by atoms with Gasteiger partial charge in [-0.15, -0.1) is 0 Å². The SMILES string of the molecule is CC1=C2CCCN2NC(=O)C1C(=O)OCC(C)C. The molecule has 1 amide bonds. The Labute approximate surface area is 107 Å². The molecule has 5 heteroatoms. The molecular weight excluding hydrogens is 232 g/mol. The molecule has 0 saturated carbocycles. The van der Waals surface area contributed by atoms with Crippen molar-refractivity contribution in [1.29, 1.82) is 0 Å². The highest BCUT2D eigenvalue weighted by Gasteiger charge is 2.39. The van der Waals surface area contributed by atoms with E-state index < -0.39 is 11.9 Å². The monoisotopic (exact) mass is 252 g/mol. The molecule has 0 spiro atoms. The summed E-state index contributed by atoms with van der Waals surface area (Å²) in [7, 11) is 0. The smallest absolute Gasteiger partial charge is 0.322 e. The van der Waals surface area contributed by atoms with Gasteiger partial charge in [0, 0.05) is 12.2 Å². The summed E-state index contributed by atoms with van der Waals surface area (Å²) < 4.78 is 5.18. The zero-order valence-electron chi connectivity index (χ0n) is 11.2. The average Bonchev–Trinajstić information content (AvgIpc) is 2.74. The van der Waals surface area contributed by atoms with Crippen LogP contribution in [0.2, 0.25) is 0 Å². The fourth-order valence-corrected chi connectivity index (χ4v) is 2.38. The van der Waals surface area contributed by atoms with Gasteiger partial charge in [-0.1, -0.05) is 13.8 Å². The van der Waals surface area contributed by atoms with Crippen molar-refractivity contribution in [3.05, 3.63) is 11.3 Å². The number of hydrogen-bond donors (Lipinski definition) is 1. The first-order valence-corrected chi connectivity index (χ1v) is 6.45. The quantitative estimate of drug-likeness (QED) is 0.606. The molecule has 2 aliphatic heterocycles. The molecule has 1 atom stereocenters. The molecule has 2 aliphatic rings. The predicted molar refractivity (Wildman–Crippen MR) is 66.1 cm³/mol. The summed E-state index contributed by atoms with van der Waals surface area (Å²) in [6, 6.07) is 0. The van der Waals surface area contributed by atoms with Crippen LogP contribution in [0.1, 0.15) is 33.6 Å². The number of nitrogens with zero attached hydrogens (tertiary/aromatic N) is 1. The van der Waals surface area contributed by atoms with Gasteiger partial charge >= 0.3 is 5.97 Å². The molecular formula is C13H20N2O3. The molecule has 0 radical (unpaired) electrons. The number of nitrogens with one attached hydrogen (secondary N) is 1. The molecule has 100 valence electrons. The maximum Gasteiger partial charge on any atom is 0.322 e. The zero-order valence-corrected chi connectivity index (χ0v) is 11.2. The summed E-state index contributed by atoms with van der Waals surface area (Å²) in [6.07, 6.45) is 1.93. The number of amides is 1. The number of ether oxygens (including phenoxy) is 1. The van der Waals surface area contributed by atoms with Crippen LogP contribution in [0.4, 0.5) is 0 Å². The lowest BCUT2D eigenvalue weighted by molar-refractivity contribution is -0.153. The Balaban J connectivity index is 2.13. The van der Waals surface area contributed by atoms with Crippen LogP contribution in [-0.4, -0.2) is 30.0 Å². The van der Waals surface area contributed by atoms with Crippen LogP contribution >= 0.6 is 0 Å². The molecule has 0 aromatic heterocycles. The number of hydrazine groups is 1. The Morgan fingerprint density at radius 2 is 2.28 bits per heavy atom. The average molecular weight is 252 g/mol. The second-order valence-electron chi connectivity index (χ2n) is 5.32. The van der Waals surface area contributed by atoms with Gasteiger partial charge in [-0.25, -0.2) is 0 Å². The van der Waals surface area contributed by atoms with E-state index in [0.717, 1.165) is 30.7 Å². The van der Waals surface area contributed by atoms with Gasteiger partial charge < -0.3 is 4.74 Å². The van der Waals surface area contributed by atoms with Crippen LogP contribution in [0, 0.1) is 11.8 Å². The summed E-state index contributed by atoms with van der Waals surface area (Å²) in [5.74, 6) is -1.20.